The summed E-state index contributed by atoms with van der Waals surface area (Å²) in [6.45, 7) is 0. The highest BCUT2D eigenvalue weighted by atomic mass is 32.2. The molecule has 0 atom stereocenters. The van der Waals surface area contributed by atoms with Gasteiger partial charge in [0.15, 0.2) is 0 Å². The summed E-state index contributed by atoms with van der Waals surface area (Å²) < 4.78 is 0. The summed E-state index contributed by atoms with van der Waals surface area (Å²) in [6, 6.07) is 8.24. The van der Waals surface area contributed by atoms with E-state index in [1.165, 1.54) is 4.90 Å². The minimum absolute atomic E-state index is 0.894. The number of thiol groups is 2. The third-order valence-corrected chi connectivity index (χ3v) is 3.10. The van der Waals surface area contributed by atoms with Crippen LogP contribution in [0.5, 0.6) is 0 Å². The summed E-state index contributed by atoms with van der Waals surface area (Å²) in [5.74, 6) is 0. The van der Waals surface area contributed by atoms with Crippen molar-refractivity contribution in [3.63, 3.8) is 0 Å². The summed E-state index contributed by atoms with van der Waals surface area (Å²) in [7, 11) is 0. The van der Waals surface area contributed by atoms with Gasteiger partial charge in [-0.2, -0.15) is 12.6 Å². The molecule has 64 valence electrons. The summed E-state index contributed by atoms with van der Waals surface area (Å²) in [5, 5.41) is 1.69. The zero-order valence-corrected chi connectivity index (χ0v) is 9.29. The fourth-order valence-electron chi connectivity index (χ4n) is 0.836. The number of thioether (sulfide) groups is 1. The van der Waals surface area contributed by atoms with Crippen LogP contribution in [0.15, 0.2) is 34.6 Å². The molecule has 0 aliphatic rings. The van der Waals surface area contributed by atoms with Crippen LogP contribution in [0.4, 0.5) is 0 Å². The molecular weight excluding hydrogens is 204 g/mol. The van der Waals surface area contributed by atoms with Gasteiger partial charge in [0, 0.05) is 9.80 Å². The van der Waals surface area contributed by atoms with Gasteiger partial charge in [0.25, 0.3) is 0 Å². The van der Waals surface area contributed by atoms with Crippen molar-refractivity contribution in [3.8, 4) is 0 Å². The zero-order chi connectivity index (χ0) is 8.97. The molecule has 1 rings (SSSR count). The minimum atomic E-state index is 0.894. The van der Waals surface area contributed by atoms with Crippen molar-refractivity contribution in [3.05, 3.63) is 35.2 Å². The molecule has 0 bridgehead atoms. The highest BCUT2D eigenvalue weighted by Gasteiger charge is 1.94. The van der Waals surface area contributed by atoms with E-state index in [0.29, 0.717) is 0 Å². The van der Waals surface area contributed by atoms with E-state index in [9.17, 15) is 0 Å². The second-order valence-electron chi connectivity index (χ2n) is 2.24. The second-order valence-corrected chi connectivity index (χ2v) is 3.86. The number of rotatable bonds is 2. The van der Waals surface area contributed by atoms with Crippen molar-refractivity contribution in [2.45, 2.75) is 4.90 Å². The van der Waals surface area contributed by atoms with Gasteiger partial charge in [-0.15, -0.1) is 24.4 Å². The van der Waals surface area contributed by atoms with E-state index in [1.54, 1.807) is 17.2 Å². The first kappa shape index (κ1) is 10.1. The standard InChI is InChI=1S/C9H10S3/c1-12-8-4-2-7(3-5-8)9(11)6-10/h2-6,10-11H,1H3/b9-6-. The van der Waals surface area contributed by atoms with Crippen LogP contribution < -0.4 is 0 Å². The van der Waals surface area contributed by atoms with Crippen LogP contribution in [0.25, 0.3) is 4.91 Å². The van der Waals surface area contributed by atoms with E-state index >= 15 is 0 Å². The Morgan fingerprint density at radius 1 is 1.33 bits per heavy atom. The molecule has 12 heavy (non-hydrogen) atoms. The molecule has 0 aliphatic heterocycles. The van der Waals surface area contributed by atoms with Crippen LogP contribution in [0, 0.1) is 0 Å². The molecule has 0 aromatic heterocycles. The van der Waals surface area contributed by atoms with Crippen LogP contribution in [-0.4, -0.2) is 6.26 Å². The lowest BCUT2D eigenvalue weighted by Gasteiger charge is -2.00. The molecule has 0 saturated carbocycles. The van der Waals surface area contributed by atoms with Gasteiger partial charge in [-0.1, -0.05) is 12.1 Å². The van der Waals surface area contributed by atoms with Crippen molar-refractivity contribution in [2.75, 3.05) is 6.26 Å². The monoisotopic (exact) mass is 214 g/mol. The largest absolute Gasteiger partial charge is 0.150 e. The maximum atomic E-state index is 4.26. The highest BCUT2D eigenvalue weighted by molar-refractivity contribution is 7.98. The van der Waals surface area contributed by atoms with Crippen molar-refractivity contribution in [1.29, 1.82) is 0 Å². The first-order valence-electron chi connectivity index (χ1n) is 3.45. The summed E-state index contributed by atoms with van der Waals surface area (Å²) in [6.07, 6.45) is 2.06. The van der Waals surface area contributed by atoms with Crippen LogP contribution in [0.2, 0.25) is 0 Å². The SMILES string of the molecule is CSc1ccc(/C(S)=C/S)cc1. The lowest BCUT2D eigenvalue weighted by atomic mass is 10.2. The van der Waals surface area contributed by atoms with Gasteiger partial charge in [-0.3, -0.25) is 0 Å². The van der Waals surface area contributed by atoms with Crippen molar-refractivity contribution < 1.29 is 0 Å². The second kappa shape index (κ2) is 4.90. The normalized spacial score (nSPS) is 11.8. The predicted octanol–water partition coefficient (Wildman–Crippen LogP) is 3.57. The predicted molar refractivity (Wildman–Crippen MR) is 64.2 cm³/mol. The van der Waals surface area contributed by atoms with E-state index in [0.717, 1.165) is 10.5 Å². The first-order chi connectivity index (χ1) is 5.77. The Labute approximate surface area is 88.3 Å². The Kier molecular flexibility index (Phi) is 4.12. The topological polar surface area (TPSA) is 0 Å². The molecule has 0 fully saturated rings. The first-order valence-corrected chi connectivity index (χ1v) is 5.64. The minimum Gasteiger partial charge on any atom is -0.150 e. The van der Waals surface area contributed by atoms with E-state index in [4.69, 9.17) is 0 Å². The van der Waals surface area contributed by atoms with Gasteiger partial charge in [0.2, 0.25) is 0 Å². The number of hydrogen-bond acceptors (Lipinski definition) is 3. The van der Waals surface area contributed by atoms with Crippen LogP contribution in [0.1, 0.15) is 5.56 Å². The summed E-state index contributed by atoms with van der Waals surface area (Å²) in [4.78, 5) is 2.16. The summed E-state index contributed by atoms with van der Waals surface area (Å²) in [5.41, 5.74) is 1.10. The van der Waals surface area contributed by atoms with Gasteiger partial charge in [0.1, 0.15) is 0 Å². The van der Waals surface area contributed by atoms with Crippen molar-refractivity contribution in [1.82, 2.24) is 0 Å². The third-order valence-electron chi connectivity index (χ3n) is 1.51. The van der Waals surface area contributed by atoms with Gasteiger partial charge in [0.05, 0.1) is 0 Å². The number of benzene rings is 1. The molecule has 0 radical (unpaired) electrons. The van der Waals surface area contributed by atoms with Gasteiger partial charge in [-0.25, -0.2) is 0 Å². The quantitative estimate of drug-likeness (QED) is 0.560. The Bertz CT molecular complexity index is 274. The van der Waals surface area contributed by atoms with E-state index in [-0.39, 0.29) is 0 Å². The van der Waals surface area contributed by atoms with E-state index < -0.39 is 0 Å². The Morgan fingerprint density at radius 3 is 2.33 bits per heavy atom. The Balaban J connectivity index is 2.92. The van der Waals surface area contributed by atoms with Crippen molar-refractivity contribution >= 4 is 41.9 Å². The molecule has 0 N–H and O–H groups in total. The van der Waals surface area contributed by atoms with Gasteiger partial charge >= 0.3 is 0 Å². The molecule has 0 aliphatic carbocycles. The molecule has 1 aromatic carbocycles. The molecule has 1 aromatic rings. The lowest BCUT2D eigenvalue weighted by Crippen LogP contribution is -1.75. The van der Waals surface area contributed by atoms with Crippen molar-refractivity contribution in [2.24, 2.45) is 0 Å². The molecule has 0 saturated heterocycles. The zero-order valence-electron chi connectivity index (χ0n) is 6.69. The van der Waals surface area contributed by atoms with E-state index in [1.807, 2.05) is 12.1 Å². The van der Waals surface area contributed by atoms with Crippen LogP contribution >= 0.6 is 37.0 Å². The van der Waals surface area contributed by atoms with Crippen LogP contribution in [-0.2, 0) is 0 Å². The molecule has 3 heteroatoms. The molecule has 0 spiro atoms. The Hall–Kier alpha value is 0.01000. The Morgan fingerprint density at radius 2 is 1.92 bits per heavy atom. The van der Waals surface area contributed by atoms with Gasteiger partial charge < -0.3 is 0 Å². The van der Waals surface area contributed by atoms with Crippen LogP contribution in [0.3, 0.4) is 0 Å². The van der Waals surface area contributed by atoms with E-state index in [2.05, 4.69) is 43.6 Å². The fraction of sp³-hybridized carbons (Fsp3) is 0.111. The summed E-state index contributed by atoms with van der Waals surface area (Å²) >= 11 is 10.0. The number of hydrogen-bond donors (Lipinski definition) is 2. The average molecular weight is 214 g/mol. The molecule has 0 unspecified atom stereocenters. The molecule has 0 heterocycles. The smallest absolute Gasteiger partial charge is 0.0173 e. The molecule has 0 amide bonds. The maximum Gasteiger partial charge on any atom is 0.0173 e. The molecule has 0 nitrogen and oxygen atoms in total. The third kappa shape index (κ3) is 2.51. The molecular formula is C9H10S3. The fourth-order valence-corrected chi connectivity index (χ4v) is 1.54. The van der Waals surface area contributed by atoms with Gasteiger partial charge in [-0.05, 0) is 29.4 Å². The lowest BCUT2D eigenvalue weighted by molar-refractivity contribution is 1.45. The average Bonchev–Trinajstić information content (AvgIpc) is 2.17. The maximum absolute atomic E-state index is 4.26. The highest BCUT2D eigenvalue weighted by Crippen LogP contribution is 2.22.